The molecule has 3 rings (SSSR count). The van der Waals surface area contributed by atoms with Crippen LogP contribution in [-0.2, 0) is 10.0 Å². The zero-order valence-electron chi connectivity index (χ0n) is 16.0. The lowest BCUT2D eigenvalue weighted by atomic mass is 10.3. The number of aliphatic imine (C=N–C) groups is 1. The van der Waals surface area contributed by atoms with Gasteiger partial charge in [-0.25, -0.2) is 12.7 Å². The summed E-state index contributed by atoms with van der Waals surface area (Å²) >= 11 is 0. The van der Waals surface area contributed by atoms with Gasteiger partial charge in [-0.3, -0.25) is 9.79 Å². The molecule has 0 aliphatic carbocycles. The summed E-state index contributed by atoms with van der Waals surface area (Å²) in [7, 11) is -3.08. The average molecular weight is 525 g/mol. The molecule has 3 heterocycles. The number of rotatable bonds is 5. The number of nitrogens with zero attached hydrogens (tertiary/aromatic N) is 4. The first-order valence-corrected chi connectivity index (χ1v) is 11.0. The highest BCUT2D eigenvalue weighted by Crippen LogP contribution is 2.13. The minimum atomic E-state index is -3.08. The molecule has 0 bridgehead atoms. The lowest BCUT2D eigenvalue weighted by molar-refractivity contribution is 0.0657. The van der Waals surface area contributed by atoms with Gasteiger partial charge in [0.15, 0.2) is 11.7 Å². The van der Waals surface area contributed by atoms with Crippen molar-refractivity contribution in [3.63, 3.8) is 0 Å². The second-order valence-electron chi connectivity index (χ2n) is 6.56. The Morgan fingerprint density at radius 2 is 1.93 bits per heavy atom. The van der Waals surface area contributed by atoms with E-state index < -0.39 is 10.0 Å². The highest BCUT2D eigenvalue weighted by molar-refractivity contribution is 14.0. The number of halogens is 1. The largest absolute Gasteiger partial charge is 0.459 e. The predicted molar refractivity (Wildman–Crippen MR) is 118 cm³/mol. The Bertz CT molecular complexity index is 761. The molecule has 1 aromatic rings. The molecule has 1 amide bonds. The molecule has 0 saturated carbocycles. The molecule has 0 unspecified atom stereocenters. The van der Waals surface area contributed by atoms with Crippen molar-refractivity contribution in [3.05, 3.63) is 24.2 Å². The Hall–Kier alpha value is -1.34. The Kier molecular flexibility index (Phi) is 8.56. The van der Waals surface area contributed by atoms with E-state index in [2.05, 4.69) is 15.2 Å². The molecule has 0 atom stereocenters. The number of hydrogen-bond acceptors (Lipinski definition) is 5. The van der Waals surface area contributed by atoms with Gasteiger partial charge in [-0.05, 0) is 25.5 Å². The van der Waals surface area contributed by atoms with Gasteiger partial charge in [0.1, 0.15) is 0 Å². The first kappa shape index (κ1) is 22.9. The van der Waals surface area contributed by atoms with Crippen molar-refractivity contribution in [2.24, 2.45) is 4.99 Å². The number of amides is 1. The van der Waals surface area contributed by atoms with Crippen LogP contribution in [0.3, 0.4) is 0 Å². The van der Waals surface area contributed by atoms with Gasteiger partial charge in [0.05, 0.1) is 18.6 Å². The molecule has 2 aliphatic rings. The third-order valence-corrected chi connectivity index (χ3v) is 6.70. The van der Waals surface area contributed by atoms with Crippen molar-refractivity contribution in [2.45, 2.75) is 13.3 Å². The third kappa shape index (κ3) is 5.60. The molecule has 11 heteroatoms. The monoisotopic (exact) mass is 525 g/mol. The molecule has 0 spiro atoms. The van der Waals surface area contributed by atoms with Crippen LogP contribution in [0.15, 0.2) is 27.8 Å². The minimum Gasteiger partial charge on any atom is -0.459 e. The molecule has 2 saturated heterocycles. The molecule has 0 aromatic carbocycles. The summed E-state index contributed by atoms with van der Waals surface area (Å²) in [5.41, 5.74) is 0. The molecule has 1 aromatic heterocycles. The third-order valence-electron chi connectivity index (χ3n) is 4.75. The van der Waals surface area contributed by atoms with Crippen LogP contribution in [-0.4, -0.2) is 92.5 Å². The summed E-state index contributed by atoms with van der Waals surface area (Å²) < 4.78 is 30.4. The molecule has 1 N–H and O–H groups in total. The Balaban J connectivity index is 0.00000280. The van der Waals surface area contributed by atoms with Crippen LogP contribution < -0.4 is 5.32 Å². The zero-order chi connectivity index (χ0) is 19.3. The van der Waals surface area contributed by atoms with Crippen LogP contribution in [0.4, 0.5) is 0 Å². The van der Waals surface area contributed by atoms with Gasteiger partial charge in [-0.1, -0.05) is 0 Å². The normalized spacial score (nSPS) is 20.1. The quantitative estimate of drug-likeness (QED) is 0.345. The van der Waals surface area contributed by atoms with Crippen molar-refractivity contribution in [3.8, 4) is 0 Å². The summed E-state index contributed by atoms with van der Waals surface area (Å²) in [6.07, 6.45) is 2.19. The molecule has 2 aliphatic heterocycles. The van der Waals surface area contributed by atoms with Crippen LogP contribution in [0.2, 0.25) is 0 Å². The van der Waals surface area contributed by atoms with E-state index in [9.17, 15) is 13.2 Å². The maximum atomic E-state index is 12.3. The summed E-state index contributed by atoms with van der Waals surface area (Å²) in [6.45, 7) is 6.66. The summed E-state index contributed by atoms with van der Waals surface area (Å²) in [5.74, 6) is 1.26. The topological polar surface area (TPSA) is 98.5 Å². The fraction of sp³-hybridized carbons (Fsp3) is 0.647. The van der Waals surface area contributed by atoms with Crippen LogP contribution in [0.25, 0.3) is 0 Å². The number of nitrogens with one attached hydrogen (secondary N) is 1. The van der Waals surface area contributed by atoms with Crippen LogP contribution in [0.1, 0.15) is 23.9 Å². The summed E-state index contributed by atoms with van der Waals surface area (Å²) in [4.78, 5) is 20.8. The maximum Gasteiger partial charge on any atom is 0.289 e. The smallest absolute Gasteiger partial charge is 0.289 e. The first-order chi connectivity index (χ1) is 13.0. The molecule has 158 valence electrons. The summed E-state index contributed by atoms with van der Waals surface area (Å²) in [6, 6.07) is 3.38. The van der Waals surface area contributed by atoms with Crippen LogP contribution >= 0.6 is 24.0 Å². The Morgan fingerprint density at radius 1 is 1.21 bits per heavy atom. The number of sulfonamides is 1. The van der Waals surface area contributed by atoms with E-state index in [-0.39, 0.29) is 35.6 Å². The SMILES string of the molecule is CCNC(=NCCN1CCCS1(=O)=O)N1CCN(C(=O)c2ccco2)CC1.I. The number of piperazine rings is 1. The van der Waals surface area contributed by atoms with E-state index in [0.717, 1.165) is 12.5 Å². The van der Waals surface area contributed by atoms with Gasteiger partial charge in [0, 0.05) is 45.8 Å². The van der Waals surface area contributed by atoms with Crippen molar-refractivity contribution in [1.29, 1.82) is 0 Å². The molecule has 28 heavy (non-hydrogen) atoms. The van der Waals surface area contributed by atoms with E-state index in [4.69, 9.17) is 4.42 Å². The van der Waals surface area contributed by atoms with Gasteiger partial charge in [-0.2, -0.15) is 0 Å². The van der Waals surface area contributed by atoms with Gasteiger partial charge < -0.3 is 19.5 Å². The first-order valence-electron chi connectivity index (χ1n) is 9.35. The van der Waals surface area contributed by atoms with Gasteiger partial charge in [0.2, 0.25) is 10.0 Å². The number of furan rings is 1. The molecule has 9 nitrogen and oxygen atoms in total. The Morgan fingerprint density at radius 3 is 2.50 bits per heavy atom. The van der Waals surface area contributed by atoms with E-state index in [1.165, 1.54) is 10.6 Å². The van der Waals surface area contributed by atoms with Gasteiger partial charge >= 0.3 is 0 Å². The standard InChI is InChI=1S/C17H27N5O4S.HI/c1-2-18-17(19-6-8-22-7-4-14-27(22,24)25)21-11-9-20(10-12-21)16(23)15-5-3-13-26-15;/h3,5,13H,2,4,6-12,14H2,1H3,(H,18,19);1H. The van der Waals surface area contributed by atoms with Crippen molar-refractivity contribution < 1.29 is 17.6 Å². The fourth-order valence-corrected chi connectivity index (χ4v) is 4.83. The van der Waals surface area contributed by atoms with E-state index in [0.29, 0.717) is 58.0 Å². The molecular weight excluding hydrogens is 497 g/mol. The number of carbonyl (C=O) groups excluding carboxylic acids is 1. The molecule has 2 fully saturated rings. The second-order valence-corrected chi connectivity index (χ2v) is 8.65. The Labute approximate surface area is 183 Å². The van der Waals surface area contributed by atoms with Crippen LogP contribution in [0, 0.1) is 0 Å². The highest BCUT2D eigenvalue weighted by Gasteiger charge is 2.28. The number of hydrogen-bond donors (Lipinski definition) is 1. The second kappa shape index (κ2) is 10.4. The van der Waals surface area contributed by atoms with Gasteiger partial charge in [0.25, 0.3) is 5.91 Å². The highest BCUT2D eigenvalue weighted by atomic mass is 127. The lowest BCUT2D eigenvalue weighted by Crippen LogP contribution is -2.53. The van der Waals surface area contributed by atoms with Crippen molar-refractivity contribution in [1.82, 2.24) is 19.4 Å². The average Bonchev–Trinajstić information content (AvgIpc) is 3.30. The predicted octanol–water partition coefficient (Wildman–Crippen LogP) is 0.656. The van der Waals surface area contributed by atoms with E-state index in [1.54, 1.807) is 17.0 Å². The lowest BCUT2D eigenvalue weighted by Gasteiger charge is -2.36. The van der Waals surface area contributed by atoms with Crippen molar-refractivity contribution >= 4 is 45.9 Å². The fourth-order valence-electron chi connectivity index (χ4n) is 3.31. The minimum absolute atomic E-state index is 0. The molecular formula is C17H28IN5O4S. The summed E-state index contributed by atoms with van der Waals surface area (Å²) in [5, 5.41) is 3.26. The maximum absolute atomic E-state index is 12.3. The van der Waals surface area contributed by atoms with E-state index in [1.807, 2.05) is 6.92 Å². The molecule has 0 radical (unpaired) electrons. The number of carbonyl (C=O) groups is 1. The number of guanidine groups is 1. The van der Waals surface area contributed by atoms with Gasteiger partial charge in [-0.15, -0.1) is 24.0 Å². The zero-order valence-corrected chi connectivity index (χ0v) is 19.2. The van der Waals surface area contributed by atoms with Crippen molar-refractivity contribution in [2.75, 3.05) is 58.1 Å². The van der Waals surface area contributed by atoms with E-state index >= 15 is 0 Å². The van der Waals surface area contributed by atoms with Crippen LogP contribution in [0.5, 0.6) is 0 Å².